The average molecular weight is 626 g/mol. The van der Waals surface area contributed by atoms with Gasteiger partial charge in [-0.2, -0.15) is 4.31 Å². The number of fused-ring (bicyclic) bond motifs is 1. The minimum absolute atomic E-state index is 0.265. The molecule has 1 amide bonds. The first-order valence-electron chi connectivity index (χ1n) is 15.5. The van der Waals surface area contributed by atoms with E-state index >= 15 is 0 Å². The van der Waals surface area contributed by atoms with Crippen LogP contribution in [0.4, 0.5) is 4.79 Å². The van der Waals surface area contributed by atoms with Crippen LogP contribution in [0.25, 0.3) is 0 Å². The SMILES string of the molecule is CC1(C)OCc2cc([C@@H]3CN(CCCCCCOCCC#Cc4cccc(S(=O)(=O)N5CCNCC5)c4)C(=O)O3)ccc2O1. The normalized spacial score (nSPS) is 19.9. The second-order valence-electron chi connectivity index (χ2n) is 11.7. The summed E-state index contributed by atoms with van der Waals surface area (Å²) >= 11 is 0. The van der Waals surface area contributed by atoms with E-state index in [1.54, 1.807) is 23.1 Å². The van der Waals surface area contributed by atoms with E-state index in [2.05, 4.69) is 17.2 Å². The third-order valence-corrected chi connectivity index (χ3v) is 9.79. The molecule has 11 heteroatoms. The van der Waals surface area contributed by atoms with Crippen molar-refractivity contribution < 1.29 is 32.2 Å². The first kappa shape index (κ1) is 32.3. The number of hydrogen-bond acceptors (Lipinski definition) is 8. The summed E-state index contributed by atoms with van der Waals surface area (Å²) in [6, 6.07) is 12.7. The van der Waals surface area contributed by atoms with E-state index in [4.69, 9.17) is 18.9 Å². The minimum Gasteiger partial charge on any atom is -0.463 e. The maximum absolute atomic E-state index is 12.9. The number of carbonyl (C=O) groups is 1. The van der Waals surface area contributed by atoms with E-state index in [1.807, 2.05) is 38.1 Å². The fourth-order valence-electron chi connectivity index (χ4n) is 5.44. The second-order valence-corrected chi connectivity index (χ2v) is 13.7. The number of hydrogen-bond donors (Lipinski definition) is 1. The molecule has 2 saturated heterocycles. The number of cyclic esters (lactones) is 1. The molecule has 0 unspecified atom stereocenters. The lowest BCUT2D eigenvalue weighted by Gasteiger charge is -2.32. The number of sulfonamides is 1. The lowest BCUT2D eigenvalue weighted by molar-refractivity contribution is -0.180. The molecule has 0 saturated carbocycles. The molecule has 1 atom stereocenters. The molecule has 3 aliphatic rings. The van der Waals surface area contributed by atoms with Crippen molar-refractivity contribution in [3.8, 4) is 17.6 Å². The topological polar surface area (TPSA) is 107 Å². The third-order valence-electron chi connectivity index (χ3n) is 7.89. The van der Waals surface area contributed by atoms with E-state index in [0.717, 1.165) is 42.6 Å². The molecule has 2 aromatic rings. The smallest absolute Gasteiger partial charge is 0.410 e. The van der Waals surface area contributed by atoms with Crippen LogP contribution in [0, 0.1) is 11.8 Å². The fraction of sp³-hybridized carbons (Fsp3) is 0.545. The van der Waals surface area contributed by atoms with E-state index in [9.17, 15) is 13.2 Å². The number of amides is 1. The lowest BCUT2D eigenvalue weighted by Crippen LogP contribution is -2.46. The molecule has 3 aliphatic heterocycles. The van der Waals surface area contributed by atoms with Crippen LogP contribution in [0.15, 0.2) is 47.4 Å². The summed E-state index contributed by atoms with van der Waals surface area (Å²) in [6.45, 7) is 8.95. The van der Waals surface area contributed by atoms with Crippen LogP contribution in [-0.4, -0.2) is 82.0 Å². The van der Waals surface area contributed by atoms with Crippen LogP contribution in [0.2, 0.25) is 0 Å². The van der Waals surface area contributed by atoms with Crippen molar-refractivity contribution in [1.82, 2.24) is 14.5 Å². The highest BCUT2D eigenvalue weighted by Crippen LogP contribution is 2.35. The molecule has 10 nitrogen and oxygen atoms in total. The highest BCUT2D eigenvalue weighted by atomic mass is 32.2. The molecule has 1 N–H and O–H groups in total. The van der Waals surface area contributed by atoms with Crippen molar-refractivity contribution in [1.29, 1.82) is 0 Å². The van der Waals surface area contributed by atoms with Crippen LogP contribution < -0.4 is 10.1 Å². The molecular weight excluding hydrogens is 582 g/mol. The largest absolute Gasteiger partial charge is 0.463 e. The highest BCUT2D eigenvalue weighted by Gasteiger charge is 2.34. The van der Waals surface area contributed by atoms with Gasteiger partial charge in [0.2, 0.25) is 15.8 Å². The van der Waals surface area contributed by atoms with Crippen LogP contribution in [0.1, 0.15) is 68.7 Å². The van der Waals surface area contributed by atoms with Gasteiger partial charge in [0, 0.05) is 70.7 Å². The van der Waals surface area contributed by atoms with Crippen molar-refractivity contribution in [3.63, 3.8) is 0 Å². The van der Waals surface area contributed by atoms with E-state index < -0.39 is 15.8 Å². The van der Waals surface area contributed by atoms with Crippen molar-refractivity contribution in [2.24, 2.45) is 0 Å². The van der Waals surface area contributed by atoms with E-state index in [1.165, 1.54) is 4.31 Å². The molecule has 0 spiro atoms. The first-order chi connectivity index (χ1) is 21.2. The van der Waals surface area contributed by atoms with E-state index in [-0.39, 0.29) is 17.1 Å². The van der Waals surface area contributed by atoms with Crippen LogP contribution in [0.5, 0.6) is 5.75 Å². The quantitative estimate of drug-likeness (QED) is 0.273. The van der Waals surface area contributed by atoms with Crippen molar-refractivity contribution in [2.75, 3.05) is 52.5 Å². The van der Waals surface area contributed by atoms with Gasteiger partial charge in [-0.15, -0.1) is 0 Å². The predicted octanol–water partition coefficient (Wildman–Crippen LogP) is 4.44. The van der Waals surface area contributed by atoms with Crippen molar-refractivity contribution >= 4 is 16.1 Å². The Labute approximate surface area is 261 Å². The minimum atomic E-state index is -3.50. The van der Waals surface area contributed by atoms with Gasteiger partial charge < -0.3 is 29.2 Å². The number of piperazine rings is 1. The molecule has 3 heterocycles. The Morgan fingerprint density at radius 1 is 1.05 bits per heavy atom. The number of unbranched alkanes of at least 4 members (excludes halogenated alkanes) is 3. The predicted molar refractivity (Wildman–Crippen MR) is 166 cm³/mol. The summed E-state index contributed by atoms with van der Waals surface area (Å²) in [6.07, 6.45) is 3.92. The number of nitrogens with one attached hydrogen (secondary N) is 1. The highest BCUT2D eigenvalue weighted by molar-refractivity contribution is 7.89. The second kappa shape index (κ2) is 14.8. The molecule has 238 valence electrons. The summed E-state index contributed by atoms with van der Waals surface area (Å²) in [5, 5.41) is 3.17. The fourth-order valence-corrected chi connectivity index (χ4v) is 6.93. The zero-order valence-corrected chi connectivity index (χ0v) is 26.5. The van der Waals surface area contributed by atoms with Gasteiger partial charge in [0.15, 0.2) is 0 Å². The number of rotatable bonds is 12. The Balaban J connectivity index is 0.938. The van der Waals surface area contributed by atoms with Gasteiger partial charge in [0.05, 0.1) is 24.7 Å². The molecule has 44 heavy (non-hydrogen) atoms. The molecule has 0 aromatic heterocycles. The Morgan fingerprint density at radius 3 is 2.70 bits per heavy atom. The summed E-state index contributed by atoms with van der Waals surface area (Å²) in [5.41, 5.74) is 2.61. The maximum atomic E-state index is 12.9. The molecule has 2 aromatic carbocycles. The summed E-state index contributed by atoms with van der Waals surface area (Å²) < 4.78 is 50.3. The molecule has 5 rings (SSSR count). The Kier molecular flexibility index (Phi) is 10.8. The van der Waals surface area contributed by atoms with Gasteiger partial charge >= 0.3 is 6.09 Å². The van der Waals surface area contributed by atoms with Gasteiger partial charge in [-0.1, -0.05) is 36.8 Å². The zero-order valence-electron chi connectivity index (χ0n) is 25.7. The van der Waals surface area contributed by atoms with Crippen molar-refractivity contribution in [2.45, 2.75) is 69.3 Å². The Hall–Kier alpha value is -3.14. The molecule has 0 aliphatic carbocycles. The van der Waals surface area contributed by atoms with Gasteiger partial charge in [0.1, 0.15) is 11.9 Å². The van der Waals surface area contributed by atoms with Crippen LogP contribution >= 0.6 is 0 Å². The number of nitrogens with zero attached hydrogens (tertiary/aromatic N) is 2. The average Bonchev–Trinajstić information content (AvgIpc) is 3.39. The molecule has 0 bridgehead atoms. The molecular formula is C33H43N3O7S. The first-order valence-corrected chi connectivity index (χ1v) is 16.9. The molecule has 0 radical (unpaired) electrons. The lowest BCUT2D eigenvalue weighted by atomic mass is 10.0. The monoisotopic (exact) mass is 625 g/mol. The summed E-state index contributed by atoms with van der Waals surface area (Å²) in [5.74, 6) is 6.32. The summed E-state index contributed by atoms with van der Waals surface area (Å²) in [4.78, 5) is 14.5. The van der Waals surface area contributed by atoms with Gasteiger partial charge in [-0.3, -0.25) is 0 Å². The third kappa shape index (κ3) is 8.52. The number of carbonyl (C=O) groups excluding carboxylic acids is 1. The molecule has 2 fully saturated rings. The van der Waals surface area contributed by atoms with Gasteiger partial charge in [-0.25, -0.2) is 13.2 Å². The summed E-state index contributed by atoms with van der Waals surface area (Å²) in [7, 11) is -3.50. The number of benzene rings is 2. The van der Waals surface area contributed by atoms with Gasteiger partial charge in [-0.05, 0) is 48.7 Å². The van der Waals surface area contributed by atoms with Crippen LogP contribution in [-0.2, 0) is 30.8 Å². The zero-order chi connectivity index (χ0) is 31.0. The maximum Gasteiger partial charge on any atom is 0.410 e. The Bertz CT molecular complexity index is 1460. The van der Waals surface area contributed by atoms with Crippen molar-refractivity contribution in [3.05, 3.63) is 59.2 Å². The van der Waals surface area contributed by atoms with E-state index in [0.29, 0.717) is 71.1 Å². The van der Waals surface area contributed by atoms with Crippen LogP contribution in [0.3, 0.4) is 0 Å². The Morgan fingerprint density at radius 2 is 1.86 bits per heavy atom. The number of ether oxygens (including phenoxy) is 4. The standard InChI is InChI=1S/C33H43N3O7S/c1-33(2)41-25-28-23-27(13-14-30(28)43-33)31-24-35(32(37)42-31)17-6-3-4-7-20-40-21-8-5-10-26-11-9-12-29(22-26)44(38,39)36-18-15-34-16-19-36/h9,11-14,22-23,31,34H,3-4,6-8,15-21,24-25H2,1-2H3/t31-/m0/s1. The van der Waals surface area contributed by atoms with Gasteiger partial charge in [0.25, 0.3) is 0 Å².